The van der Waals surface area contributed by atoms with Gasteiger partial charge in [-0.2, -0.15) is 0 Å². The Morgan fingerprint density at radius 3 is 2.42 bits per heavy atom. The third-order valence-electron chi connectivity index (χ3n) is 2.80. The van der Waals surface area contributed by atoms with Gasteiger partial charge in [0.15, 0.2) is 0 Å². The fraction of sp³-hybridized carbons (Fsp3) is 0.500. The molecule has 0 aliphatic rings. The van der Waals surface area contributed by atoms with Crippen LogP contribution in [0.2, 0.25) is 10.0 Å². The van der Waals surface area contributed by atoms with Gasteiger partial charge < -0.3 is 11.1 Å². The average molecular weight is 303 g/mol. The van der Waals surface area contributed by atoms with Crippen molar-refractivity contribution in [1.82, 2.24) is 5.32 Å². The van der Waals surface area contributed by atoms with Gasteiger partial charge in [-0.1, -0.05) is 43.1 Å². The molecule has 0 saturated heterocycles. The SMILES string of the molecule is CC(C)C[C@H](N)C(=O)NCCc1c(Cl)cccc1Cl. The number of amides is 1. The topological polar surface area (TPSA) is 55.1 Å². The zero-order valence-electron chi connectivity index (χ0n) is 11.2. The van der Waals surface area contributed by atoms with E-state index in [2.05, 4.69) is 5.32 Å². The van der Waals surface area contributed by atoms with Crippen molar-refractivity contribution in [2.24, 2.45) is 11.7 Å². The molecule has 5 heteroatoms. The summed E-state index contributed by atoms with van der Waals surface area (Å²) in [4.78, 5) is 11.7. The van der Waals surface area contributed by atoms with Gasteiger partial charge in [0.2, 0.25) is 5.91 Å². The quantitative estimate of drug-likeness (QED) is 0.848. The van der Waals surface area contributed by atoms with Crippen molar-refractivity contribution in [1.29, 1.82) is 0 Å². The standard InChI is InChI=1S/C14H20Cl2N2O/c1-9(2)8-13(17)14(19)18-7-6-10-11(15)4-3-5-12(10)16/h3-5,9,13H,6-8,17H2,1-2H3,(H,18,19)/t13-/m0/s1. The van der Waals surface area contributed by atoms with Gasteiger partial charge in [0.25, 0.3) is 0 Å². The molecule has 19 heavy (non-hydrogen) atoms. The molecule has 3 nitrogen and oxygen atoms in total. The lowest BCUT2D eigenvalue weighted by Crippen LogP contribution is -2.42. The summed E-state index contributed by atoms with van der Waals surface area (Å²) >= 11 is 12.1. The van der Waals surface area contributed by atoms with Crippen LogP contribution < -0.4 is 11.1 Å². The van der Waals surface area contributed by atoms with Crippen LogP contribution in [-0.4, -0.2) is 18.5 Å². The minimum Gasteiger partial charge on any atom is -0.354 e. The highest BCUT2D eigenvalue weighted by atomic mass is 35.5. The molecular formula is C14H20Cl2N2O. The molecule has 0 radical (unpaired) electrons. The Labute approximate surface area is 124 Å². The summed E-state index contributed by atoms with van der Waals surface area (Å²) in [5.41, 5.74) is 6.64. The molecule has 1 rings (SSSR count). The van der Waals surface area contributed by atoms with E-state index in [1.807, 2.05) is 13.8 Å². The number of rotatable bonds is 6. The van der Waals surface area contributed by atoms with Gasteiger partial charge in [-0.05, 0) is 36.5 Å². The highest BCUT2D eigenvalue weighted by Crippen LogP contribution is 2.24. The third-order valence-corrected chi connectivity index (χ3v) is 3.51. The first-order chi connectivity index (χ1) is 8.91. The summed E-state index contributed by atoms with van der Waals surface area (Å²) < 4.78 is 0. The molecule has 0 heterocycles. The maximum atomic E-state index is 11.7. The van der Waals surface area contributed by atoms with Crippen molar-refractivity contribution in [3.63, 3.8) is 0 Å². The molecule has 0 spiro atoms. The second-order valence-corrected chi connectivity index (χ2v) is 5.79. The van der Waals surface area contributed by atoms with Gasteiger partial charge in [-0.3, -0.25) is 4.79 Å². The third kappa shape index (κ3) is 5.39. The molecule has 1 aromatic rings. The van der Waals surface area contributed by atoms with Crippen molar-refractivity contribution in [2.45, 2.75) is 32.7 Å². The Kier molecular flexibility index (Phi) is 6.63. The van der Waals surface area contributed by atoms with Gasteiger partial charge in [-0.15, -0.1) is 0 Å². The number of carbonyl (C=O) groups excluding carboxylic acids is 1. The zero-order chi connectivity index (χ0) is 14.4. The van der Waals surface area contributed by atoms with E-state index in [0.29, 0.717) is 35.3 Å². The second-order valence-electron chi connectivity index (χ2n) is 4.98. The first-order valence-corrected chi connectivity index (χ1v) is 7.13. The maximum Gasteiger partial charge on any atom is 0.236 e. The maximum absolute atomic E-state index is 11.7. The van der Waals surface area contributed by atoms with E-state index in [1.165, 1.54) is 0 Å². The number of nitrogens with two attached hydrogens (primary N) is 1. The summed E-state index contributed by atoms with van der Waals surface area (Å²) in [5, 5.41) is 4.05. The molecule has 0 aliphatic carbocycles. The number of hydrogen-bond donors (Lipinski definition) is 2. The van der Waals surface area contributed by atoms with Crippen LogP contribution in [0.3, 0.4) is 0 Å². The van der Waals surface area contributed by atoms with Crippen molar-refractivity contribution >= 4 is 29.1 Å². The van der Waals surface area contributed by atoms with Crippen molar-refractivity contribution in [3.05, 3.63) is 33.8 Å². The lowest BCUT2D eigenvalue weighted by molar-refractivity contribution is -0.122. The molecule has 0 unspecified atom stereocenters. The Balaban J connectivity index is 2.44. The number of hydrogen-bond acceptors (Lipinski definition) is 2. The molecule has 0 aromatic heterocycles. The average Bonchev–Trinajstić information content (AvgIpc) is 2.31. The van der Waals surface area contributed by atoms with Crippen LogP contribution in [0.4, 0.5) is 0 Å². The van der Waals surface area contributed by atoms with Gasteiger partial charge in [0, 0.05) is 16.6 Å². The Hall–Kier alpha value is -0.770. The minimum absolute atomic E-state index is 0.128. The number of benzene rings is 1. The molecule has 0 bridgehead atoms. The van der Waals surface area contributed by atoms with Crippen LogP contribution in [0.15, 0.2) is 18.2 Å². The largest absolute Gasteiger partial charge is 0.354 e. The van der Waals surface area contributed by atoms with E-state index in [-0.39, 0.29) is 5.91 Å². The highest BCUT2D eigenvalue weighted by molar-refractivity contribution is 6.35. The number of nitrogens with one attached hydrogen (secondary N) is 1. The summed E-state index contributed by atoms with van der Waals surface area (Å²) in [7, 11) is 0. The molecule has 1 aromatic carbocycles. The van der Waals surface area contributed by atoms with Crippen molar-refractivity contribution < 1.29 is 4.79 Å². The lowest BCUT2D eigenvalue weighted by Gasteiger charge is -2.14. The summed E-state index contributed by atoms with van der Waals surface area (Å²) in [5.74, 6) is 0.274. The highest BCUT2D eigenvalue weighted by Gasteiger charge is 2.14. The van der Waals surface area contributed by atoms with Gasteiger partial charge in [0.05, 0.1) is 6.04 Å². The van der Waals surface area contributed by atoms with Gasteiger partial charge in [0.1, 0.15) is 0 Å². The van der Waals surface area contributed by atoms with Crippen LogP contribution in [0.25, 0.3) is 0 Å². The molecule has 1 atom stereocenters. The van der Waals surface area contributed by atoms with Crippen LogP contribution in [0.1, 0.15) is 25.8 Å². The lowest BCUT2D eigenvalue weighted by atomic mass is 10.0. The van der Waals surface area contributed by atoms with Crippen LogP contribution in [0.5, 0.6) is 0 Å². The Bertz CT molecular complexity index is 415. The van der Waals surface area contributed by atoms with Crippen LogP contribution in [-0.2, 0) is 11.2 Å². The second kappa shape index (κ2) is 7.73. The van der Waals surface area contributed by atoms with Crippen LogP contribution in [0, 0.1) is 5.92 Å². The van der Waals surface area contributed by atoms with Crippen molar-refractivity contribution in [2.75, 3.05) is 6.54 Å². The smallest absolute Gasteiger partial charge is 0.236 e. The summed E-state index contributed by atoms with van der Waals surface area (Å²) in [6.45, 7) is 4.56. The Morgan fingerprint density at radius 2 is 1.89 bits per heavy atom. The summed E-state index contributed by atoms with van der Waals surface area (Å²) in [6.07, 6.45) is 1.28. The van der Waals surface area contributed by atoms with Crippen molar-refractivity contribution in [3.8, 4) is 0 Å². The fourth-order valence-corrected chi connectivity index (χ4v) is 2.41. The molecule has 0 fully saturated rings. The van der Waals surface area contributed by atoms with E-state index in [4.69, 9.17) is 28.9 Å². The van der Waals surface area contributed by atoms with Gasteiger partial charge >= 0.3 is 0 Å². The first kappa shape index (κ1) is 16.3. The van der Waals surface area contributed by atoms with Gasteiger partial charge in [-0.25, -0.2) is 0 Å². The predicted molar refractivity (Wildman–Crippen MR) is 80.6 cm³/mol. The van der Waals surface area contributed by atoms with E-state index < -0.39 is 6.04 Å². The molecule has 1 amide bonds. The monoisotopic (exact) mass is 302 g/mol. The van der Waals surface area contributed by atoms with E-state index >= 15 is 0 Å². The fourth-order valence-electron chi connectivity index (χ4n) is 1.83. The molecule has 106 valence electrons. The molecular weight excluding hydrogens is 283 g/mol. The predicted octanol–water partition coefficient (Wildman–Crippen LogP) is 3.03. The molecule has 0 saturated carbocycles. The molecule has 0 aliphatic heterocycles. The normalized spacial score (nSPS) is 12.5. The number of halogens is 2. The Morgan fingerprint density at radius 1 is 1.32 bits per heavy atom. The van der Waals surface area contributed by atoms with E-state index in [0.717, 1.165) is 5.56 Å². The first-order valence-electron chi connectivity index (χ1n) is 6.38. The van der Waals surface area contributed by atoms with E-state index in [1.54, 1.807) is 18.2 Å². The van der Waals surface area contributed by atoms with E-state index in [9.17, 15) is 4.79 Å². The molecule has 3 N–H and O–H groups in total. The van der Waals surface area contributed by atoms with Crippen LogP contribution >= 0.6 is 23.2 Å². The minimum atomic E-state index is -0.457. The number of carbonyl (C=O) groups is 1. The zero-order valence-corrected chi connectivity index (χ0v) is 12.8. The summed E-state index contributed by atoms with van der Waals surface area (Å²) in [6, 6.07) is 4.91.